The highest BCUT2D eigenvalue weighted by Gasteiger charge is 2.36. The molecule has 138 valence electrons. The lowest BCUT2D eigenvalue weighted by Crippen LogP contribution is -2.09. The van der Waals surface area contributed by atoms with Gasteiger partial charge in [-0.2, -0.15) is 17.9 Å². The zero-order valence-electron chi connectivity index (χ0n) is 13.6. The van der Waals surface area contributed by atoms with E-state index in [9.17, 15) is 17.6 Å². The molecule has 0 aliphatic carbocycles. The minimum absolute atomic E-state index is 0.0436. The SMILES string of the molecule is Cc1nc(C(F)(F)F)nn1-c1ccc2[nH]c(-c3c(F)cccc3Cl)cc2n1. The number of nitrogens with zero attached hydrogens (tertiary/aromatic N) is 4. The molecule has 5 nitrogen and oxygen atoms in total. The highest BCUT2D eigenvalue weighted by atomic mass is 35.5. The summed E-state index contributed by atoms with van der Waals surface area (Å²) in [7, 11) is 0. The second-order valence-electron chi connectivity index (χ2n) is 5.77. The lowest BCUT2D eigenvalue weighted by Gasteiger charge is -2.02. The molecule has 0 fully saturated rings. The van der Waals surface area contributed by atoms with Gasteiger partial charge >= 0.3 is 6.18 Å². The van der Waals surface area contributed by atoms with Crippen LogP contribution in [-0.2, 0) is 6.18 Å². The van der Waals surface area contributed by atoms with E-state index in [1.54, 1.807) is 18.2 Å². The molecule has 4 rings (SSSR count). The normalized spacial score (nSPS) is 12.1. The molecule has 0 unspecified atom stereocenters. The molecule has 1 N–H and O–H groups in total. The van der Waals surface area contributed by atoms with Gasteiger partial charge < -0.3 is 4.98 Å². The molecule has 27 heavy (non-hydrogen) atoms. The van der Waals surface area contributed by atoms with Gasteiger partial charge in [0, 0.05) is 0 Å². The van der Waals surface area contributed by atoms with Gasteiger partial charge in [-0.05, 0) is 37.3 Å². The average molecular weight is 396 g/mol. The molecule has 3 aromatic heterocycles. The monoisotopic (exact) mass is 395 g/mol. The Morgan fingerprint density at radius 3 is 2.56 bits per heavy atom. The van der Waals surface area contributed by atoms with Crippen molar-refractivity contribution in [2.75, 3.05) is 0 Å². The van der Waals surface area contributed by atoms with Crippen molar-refractivity contribution in [2.24, 2.45) is 0 Å². The number of aromatic nitrogens is 5. The first-order valence-electron chi connectivity index (χ1n) is 7.69. The van der Waals surface area contributed by atoms with E-state index >= 15 is 0 Å². The van der Waals surface area contributed by atoms with Gasteiger partial charge in [0.2, 0.25) is 0 Å². The summed E-state index contributed by atoms with van der Waals surface area (Å²) in [6.07, 6.45) is -4.65. The summed E-state index contributed by atoms with van der Waals surface area (Å²) >= 11 is 6.08. The Labute approximate surface area is 154 Å². The fourth-order valence-corrected chi connectivity index (χ4v) is 3.00. The summed E-state index contributed by atoms with van der Waals surface area (Å²) in [5.41, 5.74) is 1.59. The highest BCUT2D eigenvalue weighted by molar-refractivity contribution is 6.33. The zero-order valence-corrected chi connectivity index (χ0v) is 14.4. The number of alkyl halides is 3. The van der Waals surface area contributed by atoms with Crippen LogP contribution in [0.2, 0.25) is 5.02 Å². The first kappa shape index (κ1) is 17.5. The molecular formula is C17H10ClF4N5. The highest BCUT2D eigenvalue weighted by Crippen LogP contribution is 2.32. The van der Waals surface area contributed by atoms with E-state index in [-0.39, 0.29) is 22.2 Å². The van der Waals surface area contributed by atoms with Crippen LogP contribution < -0.4 is 0 Å². The molecule has 0 spiro atoms. The standard InChI is InChI=1S/C17H10ClF4N5/c1-8-23-16(17(20,21)22)26-27(8)14-6-5-11-12(25-14)7-13(24-11)15-9(18)3-2-4-10(15)19/h2-7,24H,1H3. The number of rotatable bonds is 2. The first-order valence-corrected chi connectivity index (χ1v) is 8.07. The van der Waals surface area contributed by atoms with E-state index in [4.69, 9.17) is 11.6 Å². The molecule has 0 atom stereocenters. The number of benzene rings is 1. The van der Waals surface area contributed by atoms with Crippen LogP contribution in [0.5, 0.6) is 0 Å². The quantitative estimate of drug-likeness (QED) is 0.489. The predicted molar refractivity (Wildman–Crippen MR) is 91.2 cm³/mol. The Morgan fingerprint density at radius 2 is 1.89 bits per heavy atom. The van der Waals surface area contributed by atoms with Gasteiger partial charge in [0.05, 0.1) is 27.3 Å². The van der Waals surface area contributed by atoms with Crippen molar-refractivity contribution in [3.63, 3.8) is 0 Å². The number of pyridine rings is 1. The van der Waals surface area contributed by atoms with Gasteiger partial charge in [0.15, 0.2) is 5.82 Å². The predicted octanol–water partition coefficient (Wildman–Crippen LogP) is 4.93. The smallest absolute Gasteiger partial charge is 0.353 e. The van der Waals surface area contributed by atoms with Crippen LogP contribution in [0.15, 0.2) is 36.4 Å². The average Bonchev–Trinajstić information content (AvgIpc) is 3.17. The van der Waals surface area contributed by atoms with Crippen LogP contribution in [0, 0.1) is 12.7 Å². The van der Waals surface area contributed by atoms with E-state index in [1.165, 1.54) is 25.1 Å². The van der Waals surface area contributed by atoms with Gasteiger partial charge in [0.1, 0.15) is 11.6 Å². The lowest BCUT2D eigenvalue weighted by molar-refractivity contribution is -0.144. The Bertz CT molecular complexity index is 1140. The maximum atomic E-state index is 14.1. The second kappa shape index (κ2) is 6.05. The molecule has 0 aliphatic rings. The molecule has 0 amide bonds. The zero-order chi connectivity index (χ0) is 19.3. The first-order chi connectivity index (χ1) is 12.7. The number of H-pyrrole nitrogens is 1. The Balaban J connectivity index is 1.82. The van der Waals surface area contributed by atoms with E-state index in [1.807, 2.05) is 0 Å². The molecular weight excluding hydrogens is 386 g/mol. The van der Waals surface area contributed by atoms with Crippen molar-refractivity contribution >= 4 is 22.6 Å². The third-order valence-corrected chi connectivity index (χ3v) is 4.25. The summed E-state index contributed by atoms with van der Waals surface area (Å²) in [5, 5.41) is 3.70. The number of hydrogen-bond donors (Lipinski definition) is 1. The number of aromatic amines is 1. The van der Waals surface area contributed by atoms with Crippen LogP contribution in [0.25, 0.3) is 28.1 Å². The van der Waals surface area contributed by atoms with E-state index < -0.39 is 17.8 Å². The number of aryl methyl sites for hydroxylation is 1. The minimum atomic E-state index is -4.65. The van der Waals surface area contributed by atoms with Crippen molar-refractivity contribution in [1.82, 2.24) is 24.7 Å². The van der Waals surface area contributed by atoms with Gasteiger partial charge in [-0.25, -0.2) is 14.4 Å². The minimum Gasteiger partial charge on any atom is -0.353 e. The maximum absolute atomic E-state index is 14.1. The van der Waals surface area contributed by atoms with Crippen LogP contribution >= 0.6 is 11.6 Å². The molecule has 0 radical (unpaired) electrons. The van der Waals surface area contributed by atoms with Crippen LogP contribution in [-0.4, -0.2) is 24.7 Å². The summed E-state index contributed by atoms with van der Waals surface area (Å²) in [6.45, 7) is 1.40. The second-order valence-corrected chi connectivity index (χ2v) is 6.18. The molecule has 3 heterocycles. The Hall–Kier alpha value is -2.94. The Kier molecular flexibility index (Phi) is 3.92. The molecule has 1 aromatic carbocycles. The van der Waals surface area contributed by atoms with Gasteiger partial charge in [0.25, 0.3) is 5.82 Å². The van der Waals surface area contributed by atoms with Crippen LogP contribution in [0.3, 0.4) is 0 Å². The van der Waals surface area contributed by atoms with Crippen molar-refractivity contribution in [1.29, 1.82) is 0 Å². The van der Waals surface area contributed by atoms with E-state index in [0.717, 1.165) is 4.68 Å². The fraction of sp³-hybridized carbons (Fsp3) is 0.118. The third-order valence-electron chi connectivity index (χ3n) is 3.93. The van der Waals surface area contributed by atoms with E-state index in [0.29, 0.717) is 16.7 Å². The van der Waals surface area contributed by atoms with Gasteiger partial charge in [-0.1, -0.05) is 17.7 Å². The summed E-state index contributed by atoms with van der Waals surface area (Å²) in [5.74, 6) is -1.54. The van der Waals surface area contributed by atoms with Crippen molar-refractivity contribution in [3.05, 3.63) is 58.9 Å². The third kappa shape index (κ3) is 3.03. The summed E-state index contributed by atoms with van der Waals surface area (Å²) < 4.78 is 53.5. The number of hydrogen-bond acceptors (Lipinski definition) is 3. The largest absolute Gasteiger partial charge is 0.453 e. The number of nitrogens with one attached hydrogen (secondary N) is 1. The van der Waals surface area contributed by atoms with Crippen molar-refractivity contribution in [2.45, 2.75) is 13.1 Å². The van der Waals surface area contributed by atoms with Crippen molar-refractivity contribution in [3.8, 4) is 17.1 Å². The van der Waals surface area contributed by atoms with Crippen LogP contribution in [0.1, 0.15) is 11.6 Å². The Morgan fingerprint density at radius 1 is 1.11 bits per heavy atom. The number of halogens is 5. The topological polar surface area (TPSA) is 59.4 Å². The molecule has 0 saturated heterocycles. The van der Waals surface area contributed by atoms with E-state index in [2.05, 4.69) is 20.1 Å². The summed E-state index contributed by atoms with van der Waals surface area (Å²) in [4.78, 5) is 10.7. The van der Waals surface area contributed by atoms with Crippen LogP contribution in [0.4, 0.5) is 17.6 Å². The van der Waals surface area contributed by atoms with Crippen molar-refractivity contribution < 1.29 is 17.6 Å². The summed E-state index contributed by atoms with van der Waals surface area (Å²) in [6, 6.07) is 9.01. The molecule has 0 aliphatic heterocycles. The van der Waals surface area contributed by atoms with Gasteiger partial charge in [-0.15, -0.1) is 5.10 Å². The molecule has 10 heteroatoms. The lowest BCUT2D eigenvalue weighted by atomic mass is 10.1. The molecule has 0 bridgehead atoms. The number of fused-ring (bicyclic) bond motifs is 1. The molecule has 4 aromatic rings. The van der Waals surface area contributed by atoms with Gasteiger partial charge in [-0.3, -0.25) is 0 Å². The maximum Gasteiger partial charge on any atom is 0.453 e. The molecule has 0 saturated carbocycles. The fourth-order valence-electron chi connectivity index (χ4n) is 2.73.